The van der Waals surface area contributed by atoms with Gasteiger partial charge in [0.25, 0.3) is 0 Å². The lowest BCUT2D eigenvalue weighted by molar-refractivity contribution is -0.0121. The van der Waals surface area contributed by atoms with Gasteiger partial charge in [-0.3, -0.25) is 0 Å². The van der Waals surface area contributed by atoms with Crippen molar-refractivity contribution in [2.45, 2.75) is 64.9 Å². The van der Waals surface area contributed by atoms with Crippen molar-refractivity contribution in [2.24, 2.45) is 11.8 Å². The zero-order valence-electron chi connectivity index (χ0n) is 11.3. The molecule has 0 aliphatic heterocycles. The molecule has 1 rings (SSSR count). The van der Waals surface area contributed by atoms with Crippen LogP contribution in [0.5, 0.6) is 0 Å². The SMILES string of the molecule is CCCC(C)CNCC1(O)CCCC(C)C1. The Labute approximate surface area is 101 Å². The van der Waals surface area contributed by atoms with E-state index in [0.29, 0.717) is 5.92 Å². The lowest BCUT2D eigenvalue weighted by Crippen LogP contribution is -2.44. The third-order valence-electron chi connectivity index (χ3n) is 3.80. The average molecular weight is 227 g/mol. The minimum atomic E-state index is -0.427. The van der Waals surface area contributed by atoms with E-state index in [1.165, 1.54) is 25.7 Å². The third-order valence-corrected chi connectivity index (χ3v) is 3.80. The average Bonchev–Trinajstić information content (AvgIpc) is 2.17. The van der Waals surface area contributed by atoms with Crippen molar-refractivity contribution in [1.82, 2.24) is 5.32 Å². The van der Waals surface area contributed by atoms with Crippen LogP contribution in [0.4, 0.5) is 0 Å². The molecular weight excluding hydrogens is 198 g/mol. The lowest BCUT2D eigenvalue weighted by atomic mass is 9.79. The summed E-state index contributed by atoms with van der Waals surface area (Å²) in [6, 6.07) is 0. The Morgan fingerprint density at radius 3 is 2.88 bits per heavy atom. The minimum absolute atomic E-state index is 0.427. The number of hydrogen-bond acceptors (Lipinski definition) is 2. The van der Waals surface area contributed by atoms with Gasteiger partial charge in [-0.05, 0) is 37.6 Å². The van der Waals surface area contributed by atoms with E-state index in [0.717, 1.165) is 31.8 Å². The summed E-state index contributed by atoms with van der Waals surface area (Å²) in [4.78, 5) is 0. The molecule has 16 heavy (non-hydrogen) atoms. The standard InChI is InChI=1S/C14H29NO/c1-4-6-13(3)10-15-11-14(16)8-5-7-12(2)9-14/h12-13,15-16H,4-11H2,1-3H3. The highest BCUT2D eigenvalue weighted by molar-refractivity contribution is 4.87. The molecule has 96 valence electrons. The molecule has 0 heterocycles. The molecular formula is C14H29NO. The topological polar surface area (TPSA) is 32.3 Å². The highest BCUT2D eigenvalue weighted by atomic mass is 16.3. The molecule has 1 aliphatic carbocycles. The summed E-state index contributed by atoms with van der Waals surface area (Å²) in [6.45, 7) is 8.59. The number of nitrogens with one attached hydrogen (secondary N) is 1. The molecule has 3 unspecified atom stereocenters. The highest BCUT2D eigenvalue weighted by Gasteiger charge is 2.31. The summed E-state index contributed by atoms with van der Waals surface area (Å²) < 4.78 is 0. The van der Waals surface area contributed by atoms with Gasteiger partial charge in [0.15, 0.2) is 0 Å². The Balaban J connectivity index is 2.20. The Kier molecular flexibility index (Phi) is 5.77. The smallest absolute Gasteiger partial charge is 0.0774 e. The highest BCUT2D eigenvalue weighted by Crippen LogP contribution is 2.31. The van der Waals surface area contributed by atoms with E-state index in [4.69, 9.17) is 0 Å². The van der Waals surface area contributed by atoms with Crippen molar-refractivity contribution in [1.29, 1.82) is 0 Å². The van der Waals surface area contributed by atoms with Crippen molar-refractivity contribution in [2.75, 3.05) is 13.1 Å². The molecule has 0 aromatic carbocycles. The molecule has 0 amide bonds. The van der Waals surface area contributed by atoms with Crippen molar-refractivity contribution in [3.63, 3.8) is 0 Å². The van der Waals surface area contributed by atoms with Gasteiger partial charge in [0.05, 0.1) is 5.60 Å². The van der Waals surface area contributed by atoms with Gasteiger partial charge in [-0.1, -0.05) is 40.0 Å². The normalized spacial score (nSPS) is 32.6. The van der Waals surface area contributed by atoms with E-state index in [9.17, 15) is 5.11 Å². The predicted octanol–water partition coefficient (Wildman–Crippen LogP) is 2.95. The van der Waals surface area contributed by atoms with Gasteiger partial charge >= 0.3 is 0 Å². The fourth-order valence-corrected chi connectivity index (χ4v) is 2.94. The van der Waals surface area contributed by atoms with E-state index in [2.05, 4.69) is 26.1 Å². The molecule has 0 bridgehead atoms. The molecule has 0 spiro atoms. The molecule has 0 saturated heterocycles. The second kappa shape index (κ2) is 6.61. The van der Waals surface area contributed by atoms with Crippen LogP contribution >= 0.6 is 0 Å². The number of aliphatic hydroxyl groups is 1. The summed E-state index contributed by atoms with van der Waals surface area (Å²) in [5.41, 5.74) is -0.427. The van der Waals surface area contributed by atoms with Crippen LogP contribution in [0, 0.1) is 11.8 Å². The van der Waals surface area contributed by atoms with Crippen LogP contribution in [-0.4, -0.2) is 23.8 Å². The summed E-state index contributed by atoms with van der Waals surface area (Å²) >= 11 is 0. The summed E-state index contributed by atoms with van der Waals surface area (Å²) in [6.07, 6.45) is 6.96. The van der Waals surface area contributed by atoms with Gasteiger partial charge in [-0.15, -0.1) is 0 Å². The zero-order chi connectivity index (χ0) is 12.0. The maximum absolute atomic E-state index is 10.4. The molecule has 3 atom stereocenters. The van der Waals surface area contributed by atoms with Crippen molar-refractivity contribution < 1.29 is 5.11 Å². The molecule has 0 radical (unpaired) electrons. The van der Waals surface area contributed by atoms with Crippen LogP contribution < -0.4 is 5.32 Å². The van der Waals surface area contributed by atoms with Crippen molar-refractivity contribution in [3.8, 4) is 0 Å². The van der Waals surface area contributed by atoms with Crippen molar-refractivity contribution >= 4 is 0 Å². The Morgan fingerprint density at radius 2 is 2.25 bits per heavy atom. The third kappa shape index (κ3) is 4.84. The predicted molar refractivity (Wildman–Crippen MR) is 69.5 cm³/mol. The quantitative estimate of drug-likeness (QED) is 0.731. The maximum Gasteiger partial charge on any atom is 0.0774 e. The van der Waals surface area contributed by atoms with E-state index < -0.39 is 5.60 Å². The largest absolute Gasteiger partial charge is 0.389 e. The second-order valence-corrected chi connectivity index (χ2v) is 5.95. The summed E-state index contributed by atoms with van der Waals surface area (Å²) in [7, 11) is 0. The number of hydrogen-bond donors (Lipinski definition) is 2. The fourth-order valence-electron chi connectivity index (χ4n) is 2.94. The first-order valence-corrected chi connectivity index (χ1v) is 6.99. The lowest BCUT2D eigenvalue weighted by Gasteiger charge is -2.36. The van der Waals surface area contributed by atoms with Crippen LogP contribution in [0.25, 0.3) is 0 Å². The molecule has 1 saturated carbocycles. The van der Waals surface area contributed by atoms with Crippen molar-refractivity contribution in [3.05, 3.63) is 0 Å². The van der Waals surface area contributed by atoms with Crippen LogP contribution in [0.15, 0.2) is 0 Å². The molecule has 0 aromatic rings. The van der Waals surface area contributed by atoms with Gasteiger partial charge in [0.1, 0.15) is 0 Å². The monoisotopic (exact) mass is 227 g/mol. The van der Waals surface area contributed by atoms with Gasteiger partial charge in [0, 0.05) is 6.54 Å². The molecule has 1 aliphatic rings. The van der Waals surface area contributed by atoms with E-state index in [1.807, 2.05) is 0 Å². The molecule has 2 heteroatoms. The van der Waals surface area contributed by atoms with Gasteiger partial charge in [-0.2, -0.15) is 0 Å². The first-order valence-electron chi connectivity index (χ1n) is 6.99. The Bertz CT molecular complexity index is 195. The molecule has 0 aromatic heterocycles. The summed E-state index contributed by atoms with van der Waals surface area (Å²) in [5.74, 6) is 1.42. The molecule has 2 nitrogen and oxygen atoms in total. The molecule has 1 fully saturated rings. The van der Waals surface area contributed by atoms with Gasteiger partial charge in [0.2, 0.25) is 0 Å². The first kappa shape index (κ1) is 14.0. The van der Waals surface area contributed by atoms with Crippen LogP contribution in [0.3, 0.4) is 0 Å². The summed E-state index contributed by atoms with van der Waals surface area (Å²) in [5, 5.41) is 13.9. The maximum atomic E-state index is 10.4. The minimum Gasteiger partial charge on any atom is -0.389 e. The van der Waals surface area contributed by atoms with Gasteiger partial charge in [-0.25, -0.2) is 0 Å². The van der Waals surface area contributed by atoms with Crippen LogP contribution in [0.2, 0.25) is 0 Å². The van der Waals surface area contributed by atoms with Crippen LogP contribution in [-0.2, 0) is 0 Å². The second-order valence-electron chi connectivity index (χ2n) is 5.95. The fraction of sp³-hybridized carbons (Fsp3) is 1.00. The number of rotatable bonds is 6. The first-order chi connectivity index (χ1) is 7.56. The van der Waals surface area contributed by atoms with Crippen LogP contribution in [0.1, 0.15) is 59.3 Å². The van der Waals surface area contributed by atoms with Gasteiger partial charge < -0.3 is 10.4 Å². The Hall–Kier alpha value is -0.0800. The Morgan fingerprint density at radius 1 is 1.50 bits per heavy atom. The van der Waals surface area contributed by atoms with E-state index in [1.54, 1.807) is 0 Å². The van der Waals surface area contributed by atoms with E-state index >= 15 is 0 Å². The van der Waals surface area contributed by atoms with E-state index in [-0.39, 0.29) is 0 Å². The molecule has 2 N–H and O–H groups in total. The zero-order valence-corrected chi connectivity index (χ0v) is 11.3.